The van der Waals surface area contributed by atoms with Crippen LogP contribution in [0, 0.1) is 0 Å². The third-order valence-electron chi connectivity index (χ3n) is 3.77. The molecule has 2 aromatic rings. The summed E-state index contributed by atoms with van der Waals surface area (Å²) in [6.07, 6.45) is 6.79. The molecule has 148 valence electrons. The number of nitrogens with zero attached hydrogens (tertiary/aromatic N) is 1. The number of carbonyl (C=O) groups is 2. The van der Waals surface area contributed by atoms with E-state index in [1.165, 1.54) is 25.7 Å². The Labute approximate surface area is 158 Å². The maximum atomic E-state index is 9.10. The topological polar surface area (TPSA) is 121 Å². The minimum atomic E-state index is -1.82. The van der Waals surface area contributed by atoms with Crippen molar-refractivity contribution in [1.29, 1.82) is 0 Å². The molecule has 0 bridgehead atoms. The van der Waals surface area contributed by atoms with E-state index in [1.807, 2.05) is 31.4 Å². The molecule has 8 nitrogen and oxygen atoms in total. The lowest BCUT2D eigenvalue weighted by atomic mass is 10.1. The van der Waals surface area contributed by atoms with Gasteiger partial charge in [-0.05, 0) is 38.6 Å². The van der Waals surface area contributed by atoms with Crippen LogP contribution < -0.4 is 15.4 Å². The van der Waals surface area contributed by atoms with Crippen molar-refractivity contribution in [3.05, 3.63) is 30.5 Å². The third-order valence-corrected chi connectivity index (χ3v) is 3.77. The van der Waals surface area contributed by atoms with Gasteiger partial charge in [0.2, 0.25) is 0 Å². The number of nitrogens with one attached hydrogen (secondary N) is 2. The van der Waals surface area contributed by atoms with E-state index in [4.69, 9.17) is 24.5 Å². The molecule has 1 aromatic heterocycles. The monoisotopic (exact) mass is 377 g/mol. The molecule has 0 saturated heterocycles. The highest BCUT2D eigenvalue weighted by molar-refractivity contribution is 6.27. The molecule has 4 N–H and O–H groups in total. The number of pyridine rings is 1. The van der Waals surface area contributed by atoms with Gasteiger partial charge in [-0.1, -0.05) is 18.9 Å². The number of rotatable bonds is 9. The fourth-order valence-electron chi connectivity index (χ4n) is 2.42. The molecule has 1 aromatic carbocycles. The zero-order valence-corrected chi connectivity index (χ0v) is 15.7. The number of ether oxygens (including phenoxy) is 1. The highest BCUT2D eigenvalue weighted by atomic mass is 16.5. The standard InChI is InChI=1S/C17H25N3O.C2H2O4/c1-18-9-5-3-4-6-10-19-16-13-15(21-2)12-14-8-7-11-20-17(14)16;3-1(4)2(5)6/h7-8,11-13,18-19H,3-6,9-10H2,1-2H3;(H,3,4)(H,5,6). The average Bonchev–Trinajstić information content (AvgIpc) is 2.67. The van der Waals surface area contributed by atoms with Crippen LogP contribution in [0.2, 0.25) is 0 Å². The zero-order valence-electron chi connectivity index (χ0n) is 15.7. The number of benzene rings is 1. The summed E-state index contributed by atoms with van der Waals surface area (Å²) in [5.74, 6) is -2.78. The predicted octanol–water partition coefficient (Wildman–Crippen LogP) is 2.59. The molecular weight excluding hydrogens is 350 g/mol. The first-order valence-corrected chi connectivity index (χ1v) is 8.77. The number of fused-ring (bicyclic) bond motifs is 1. The van der Waals surface area contributed by atoms with Crippen molar-refractivity contribution in [1.82, 2.24) is 10.3 Å². The number of hydrogen-bond donors (Lipinski definition) is 4. The fraction of sp³-hybridized carbons (Fsp3) is 0.421. The Morgan fingerprint density at radius 1 is 1.07 bits per heavy atom. The van der Waals surface area contributed by atoms with Crippen molar-refractivity contribution in [2.75, 3.05) is 32.6 Å². The summed E-state index contributed by atoms with van der Waals surface area (Å²) in [5, 5.41) is 22.6. The fourth-order valence-corrected chi connectivity index (χ4v) is 2.42. The second-order valence-corrected chi connectivity index (χ2v) is 5.80. The van der Waals surface area contributed by atoms with Crippen molar-refractivity contribution in [3.63, 3.8) is 0 Å². The number of aliphatic carboxylic acids is 2. The maximum Gasteiger partial charge on any atom is 0.414 e. The number of carboxylic acids is 2. The average molecular weight is 377 g/mol. The molecular formula is C19H27N3O5. The van der Waals surface area contributed by atoms with Gasteiger partial charge in [-0.3, -0.25) is 4.98 Å². The van der Waals surface area contributed by atoms with Crippen molar-refractivity contribution >= 4 is 28.5 Å². The van der Waals surface area contributed by atoms with E-state index in [9.17, 15) is 0 Å². The van der Waals surface area contributed by atoms with Crippen LogP contribution in [0.5, 0.6) is 5.75 Å². The first kappa shape index (κ1) is 22.2. The molecule has 1 heterocycles. The second kappa shape index (κ2) is 12.5. The zero-order chi connectivity index (χ0) is 20.1. The first-order valence-electron chi connectivity index (χ1n) is 8.77. The smallest absolute Gasteiger partial charge is 0.414 e. The molecule has 0 spiro atoms. The van der Waals surface area contributed by atoms with E-state index in [0.29, 0.717) is 0 Å². The lowest BCUT2D eigenvalue weighted by Gasteiger charge is -2.11. The highest BCUT2D eigenvalue weighted by Crippen LogP contribution is 2.27. The molecule has 27 heavy (non-hydrogen) atoms. The van der Waals surface area contributed by atoms with Crippen molar-refractivity contribution < 1.29 is 24.5 Å². The van der Waals surface area contributed by atoms with E-state index < -0.39 is 11.9 Å². The minimum absolute atomic E-state index is 0.868. The summed E-state index contributed by atoms with van der Waals surface area (Å²) >= 11 is 0. The SMILES string of the molecule is CNCCCCCCNc1cc(OC)cc2cccnc12.O=C(O)C(=O)O. The molecule has 8 heteroatoms. The van der Waals surface area contributed by atoms with Gasteiger partial charge in [-0.15, -0.1) is 0 Å². The number of aromatic nitrogens is 1. The van der Waals surface area contributed by atoms with Crippen LogP contribution >= 0.6 is 0 Å². The number of unbranched alkanes of at least 4 members (excludes halogenated alkanes) is 3. The molecule has 0 atom stereocenters. The van der Waals surface area contributed by atoms with Crippen LogP contribution in [0.15, 0.2) is 30.5 Å². The normalized spacial score (nSPS) is 10.0. The molecule has 0 amide bonds. The molecule has 0 unspecified atom stereocenters. The highest BCUT2D eigenvalue weighted by Gasteiger charge is 2.05. The Balaban J connectivity index is 0.000000527. The van der Waals surface area contributed by atoms with E-state index in [1.54, 1.807) is 7.11 Å². The van der Waals surface area contributed by atoms with Gasteiger partial charge < -0.3 is 25.6 Å². The Morgan fingerprint density at radius 2 is 1.74 bits per heavy atom. The van der Waals surface area contributed by atoms with Gasteiger partial charge in [-0.2, -0.15) is 0 Å². The van der Waals surface area contributed by atoms with Gasteiger partial charge in [0.1, 0.15) is 5.75 Å². The summed E-state index contributed by atoms with van der Waals surface area (Å²) in [5.41, 5.74) is 2.06. The lowest BCUT2D eigenvalue weighted by Crippen LogP contribution is -2.09. The van der Waals surface area contributed by atoms with Crippen LogP contribution in [-0.2, 0) is 9.59 Å². The van der Waals surface area contributed by atoms with Gasteiger partial charge in [0.05, 0.1) is 18.3 Å². The molecule has 2 rings (SSSR count). The van der Waals surface area contributed by atoms with E-state index in [-0.39, 0.29) is 0 Å². The summed E-state index contributed by atoms with van der Waals surface area (Å²) < 4.78 is 5.36. The van der Waals surface area contributed by atoms with Gasteiger partial charge in [0.25, 0.3) is 0 Å². The molecule has 0 aliphatic heterocycles. The molecule has 0 aliphatic carbocycles. The third kappa shape index (κ3) is 8.37. The van der Waals surface area contributed by atoms with Crippen molar-refractivity contribution in [3.8, 4) is 5.75 Å². The van der Waals surface area contributed by atoms with E-state index >= 15 is 0 Å². The summed E-state index contributed by atoms with van der Waals surface area (Å²) in [7, 11) is 3.70. The summed E-state index contributed by atoms with van der Waals surface area (Å²) in [4.78, 5) is 22.7. The Morgan fingerprint density at radius 3 is 2.33 bits per heavy atom. The van der Waals surface area contributed by atoms with E-state index in [0.717, 1.165) is 35.4 Å². The van der Waals surface area contributed by atoms with Crippen LogP contribution in [0.1, 0.15) is 25.7 Å². The number of carboxylic acid groups (broad SMARTS) is 2. The predicted molar refractivity (Wildman–Crippen MR) is 104 cm³/mol. The van der Waals surface area contributed by atoms with Crippen LogP contribution in [0.3, 0.4) is 0 Å². The summed E-state index contributed by atoms with van der Waals surface area (Å²) in [6, 6.07) is 8.06. The van der Waals surface area contributed by atoms with Gasteiger partial charge in [-0.25, -0.2) is 9.59 Å². The van der Waals surface area contributed by atoms with Gasteiger partial charge in [0.15, 0.2) is 0 Å². The molecule has 0 radical (unpaired) electrons. The second-order valence-electron chi connectivity index (χ2n) is 5.80. The van der Waals surface area contributed by atoms with E-state index in [2.05, 4.69) is 21.7 Å². The van der Waals surface area contributed by atoms with Crippen LogP contribution in [-0.4, -0.2) is 54.4 Å². The maximum absolute atomic E-state index is 9.10. The van der Waals surface area contributed by atoms with Crippen molar-refractivity contribution in [2.45, 2.75) is 25.7 Å². The van der Waals surface area contributed by atoms with Gasteiger partial charge in [0, 0.05) is 24.2 Å². The van der Waals surface area contributed by atoms with Crippen LogP contribution in [0.25, 0.3) is 10.9 Å². The number of methoxy groups -OCH3 is 1. The molecule has 0 aliphatic rings. The van der Waals surface area contributed by atoms with Crippen LogP contribution in [0.4, 0.5) is 5.69 Å². The number of hydrogen-bond acceptors (Lipinski definition) is 6. The van der Waals surface area contributed by atoms with Crippen molar-refractivity contribution in [2.24, 2.45) is 0 Å². The lowest BCUT2D eigenvalue weighted by molar-refractivity contribution is -0.159. The Hall–Kier alpha value is -2.87. The minimum Gasteiger partial charge on any atom is -0.497 e. The Kier molecular flexibility index (Phi) is 10.2. The first-order chi connectivity index (χ1) is 13.0. The summed E-state index contributed by atoms with van der Waals surface area (Å²) in [6.45, 7) is 2.08. The number of anilines is 1. The molecule has 0 saturated carbocycles. The van der Waals surface area contributed by atoms with Gasteiger partial charge >= 0.3 is 11.9 Å². The quantitative estimate of drug-likeness (QED) is 0.389. The largest absolute Gasteiger partial charge is 0.497 e. The molecule has 0 fully saturated rings. The Bertz CT molecular complexity index is 724.